The van der Waals surface area contributed by atoms with E-state index in [0.29, 0.717) is 5.15 Å². The summed E-state index contributed by atoms with van der Waals surface area (Å²) in [5, 5.41) is 9.87. The van der Waals surface area contributed by atoms with Crippen LogP contribution in [0.3, 0.4) is 0 Å². The molecular formula is C7H11ClN2O. The molecule has 3 N–H and O–H groups in total. The fourth-order valence-corrected chi connectivity index (χ4v) is 1.05. The SMILES string of the molecule is Cn1cc(C(O)CN)cc1Cl. The number of aliphatic hydroxyl groups excluding tert-OH is 1. The topological polar surface area (TPSA) is 51.2 Å². The van der Waals surface area contributed by atoms with Crippen LogP contribution in [0.4, 0.5) is 0 Å². The van der Waals surface area contributed by atoms with Crippen molar-refractivity contribution in [3.8, 4) is 0 Å². The lowest BCUT2D eigenvalue weighted by Crippen LogP contribution is -2.10. The highest BCUT2D eigenvalue weighted by Gasteiger charge is 2.07. The molecule has 1 aromatic heterocycles. The second-order valence-electron chi connectivity index (χ2n) is 2.46. The van der Waals surface area contributed by atoms with Gasteiger partial charge in [0.2, 0.25) is 0 Å². The number of nitrogens with two attached hydrogens (primary N) is 1. The maximum Gasteiger partial charge on any atom is 0.108 e. The molecule has 3 nitrogen and oxygen atoms in total. The molecule has 1 rings (SSSR count). The van der Waals surface area contributed by atoms with Gasteiger partial charge in [0, 0.05) is 25.4 Å². The molecule has 11 heavy (non-hydrogen) atoms. The maximum atomic E-state index is 9.27. The van der Waals surface area contributed by atoms with Crippen molar-refractivity contribution in [3.05, 3.63) is 23.0 Å². The van der Waals surface area contributed by atoms with Crippen molar-refractivity contribution in [1.82, 2.24) is 4.57 Å². The zero-order valence-corrected chi connectivity index (χ0v) is 7.04. The Hall–Kier alpha value is -0.510. The normalized spacial score (nSPS) is 13.5. The lowest BCUT2D eigenvalue weighted by atomic mass is 10.2. The first-order valence-corrected chi connectivity index (χ1v) is 3.73. The predicted octanol–water partition coefficient (Wildman–Crippen LogP) is 0.671. The molecule has 0 aliphatic heterocycles. The number of aryl methyl sites for hydroxylation is 1. The first kappa shape index (κ1) is 8.59. The van der Waals surface area contributed by atoms with Crippen LogP contribution in [0.15, 0.2) is 12.3 Å². The monoisotopic (exact) mass is 174 g/mol. The molecule has 0 saturated heterocycles. The first-order chi connectivity index (χ1) is 5.15. The van der Waals surface area contributed by atoms with E-state index in [0.717, 1.165) is 5.56 Å². The molecule has 1 atom stereocenters. The van der Waals surface area contributed by atoms with Crippen molar-refractivity contribution in [2.24, 2.45) is 12.8 Å². The third-order valence-electron chi connectivity index (χ3n) is 1.57. The fourth-order valence-electron chi connectivity index (χ4n) is 0.880. The Morgan fingerprint density at radius 1 is 1.82 bits per heavy atom. The van der Waals surface area contributed by atoms with Crippen LogP contribution < -0.4 is 5.73 Å². The molecule has 0 bridgehead atoms. The highest BCUT2D eigenvalue weighted by molar-refractivity contribution is 6.29. The molecule has 0 radical (unpaired) electrons. The fraction of sp³-hybridized carbons (Fsp3) is 0.429. The van der Waals surface area contributed by atoms with Gasteiger partial charge in [0.25, 0.3) is 0 Å². The van der Waals surface area contributed by atoms with Crippen LogP contribution in [0.25, 0.3) is 0 Å². The van der Waals surface area contributed by atoms with Crippen molar-refractivity contribution in [1.29, 1.82) is 0 Å². The molecule has 62 valence electrons. The molecule has 1 aromatic rings. The number of rotatable bonds is 2. The average molecular weight is 175 g/mol. The van der Waals surface area contributed by atoms with E-state index in [1.54, 1.807) is 16.8 Å². The van der Waals surface area contributed by atoms with Crippen LogP contribution >= 0.6 is 11.6 Å². The van der Waals surface area contributed by atoms with E-state index in [4.69, 9.17) is 17.3 Å². The molecule has 0 amide bonds. The van der Waals surface area contributed by atoms with Crippen molar-refractivity contribution in [2.45, 2.75) is 6.10 Å². The van der Waals surface area contributed by atoms with Gasteiger partial charge in [-0.2, -0.15) is 0 Å². The van der Waals surface area contributed by atoms with Crippen molar-refractivity contribution in [2.75, 3.05) is 6.54 Å². The van der Waals surface area contributed by atoms with Crippen LogP contribution in [0.1, 0.15) is 11.7 Å². The number of aliphatic hydroxyl groups is 1. The van der Waals surface area contributed by atoms with Gasteiger partial charge in [-0.1, -0.05) is 11.6 Å². The molecule has 0 aromatic carbocycles. The molecule has 0 fully saturated rings. The van der Waals surface area contributed by atoms with Crippen LogP contribution in [0.2, 0.25) is 5.15 Å². The summed E-state index contributed by atoms with van der Waals surface area (Å²) in [4.78, 5) is 0. The zero-order valence-electron chi connectivity index (χ0n) is 6.29. The van der Waals surface area contributed by atoms with E-state index in [2.05, 4.69) is 0 Å². The van der Waals surface area contributed by atoms with Crippen LogP contribution in [0.5, 0.6) is 0 Å². The summed E-state index contributed by atoms with van der Waals surface area (Å²) in [6, 6.07) is 1.71. The Bertz CT molecular complexity index is 227. The van der Waals surface area contributed by atoms with Gasteiger partial charge >= 0.3 is 0 Å². The minimum Gasteiger partial charge on any atom is -0.387 e. The van der Waals surface area contributed by atoms with Crippen LogP contribution in [-0.4, -0.2) is 16.2 Å². The summed E-state index contributed by atoms with van der Waals surface area (Å²) in [7, 11) is 1.81. The van der Waals surface area contributed by atoms with Gasteiger partial charge in [0.05, 0.1) is 6.10 Å². The van der Waals surface area contributed by atoms with Gasteiger partial charge in [-0.3, -0.25) is 0 Å². The molecule has 4 heteroatoms. The van der Waals surface area contributed by atoms with Crippen LogP contribution in [0, 0.1) is 0 Å². The van der Waals surface area contributed by atoms with E-state index < -0.39 is 6.10 Å². The molecule has 0 saturated carbocycles. The highest BCUT2D eigenvalue weighted by Crippen LogP contribution is 2.18. The van der Waals surface area contributed by atoms with E-state index in [9.17, 15) is 5.11 Å². The standard InChI is InChI=1S/C7H11ClN2O/c1-10-4-5(2-7(10)8)6(11)3-9/h2,4,6,11H,3,9H2,1H3. The molecule has 0 spiro atoms. The van der Waals surface area contributed by atoms with Crippen LogP contribution in [-0.2, 0) is 7.05 Å². The summed E-state index contributed by atoms with van der Waals surface area (Å²) >= 11 is 5.74. The summed E-state index contributed by atoms with van der Waals surface area (Å²) in [6.07, 6.45) is 1.16. The van der Waals surface area contributed by atoms with Gasteiger partial charge < -0.3 is 15.4 Å². The molecule has 0 aliphatic rings. The van der Waals surface area contributed by atoms with E-state index in [1.807, 2.05) is 7.05 Å². The third-order valence-corrected chi connectivity index (χ3v) is 1.95. The summed E-state index contributed by atoms with van der Waals surface area (Å²) in [5.74, 6) is 0. The Balaban J connectivity index is 2.88. The van der Waals surface area contributed by atoms with Crippen molar-refractivity contribution in [3.63, 3.8) is 0 Å². The van der Waals surface area contributed by atoms with Gasteiger partial charge in [-0.25, -0.2) is 0 Å². The Kier molecular flexibility index (Phi) is 2.54. The number of aromatic nitrogens is 1. The van der Waals surface area contributed by atoms with Crippen molar-refractivity contribution < 1.29 is 5.11 Å². The number of halogens is 1. The Labute approximate surface area is 70.4 Å². The third kappa shape index (κ3) is 1.74. The van der Waals surface area contributed by atoms with Gasteiger partial charge in [-0.05, 0) is 6.07 Å². The van der Waals surface area contributed by atoms with Crippen molar-refractivity contribution >= 4 is 11.6 Å². The Morgan fingerprint density at radius 3 is 2.82 bits per heavy atom. The molecule has 1 unspecified atom stereocenters. The summed E-state index contributed by atoms with van der Waals surface area (Å²) < 4.78 is 1.73. The maximum absolute atomic E-state index is 9.27. The minimum atomic E-state index is -0.603. The van der Waals surface area contributed by atoms with E-state index in [1.165, 1.54) is 0 Å². The summed E-state index contributed by atoms with van der Waals surface area (Å²) in [6.45, 7) is 0.223. The minimum absolute atomic E-state index is 0.223. The molecular weight excluding hydrogens is 164 g/mol. The smallest absolute Gasteiger partial charge is 0.108 e. The largest absolute Gasteiger partial charge is 0.387 e. The number of hydrogen-bond donors (Lipinski definition) is 2. The molecule has 1 heterocycles. The predicted molar refractivity (Wildman–Crippen MR) is 44.4 cm³/mol. The molecule has 0 aliphatic carbocycles. The second-order valence-corrected chi connectivity index (χ2v) is 2.85. The second kappa shape index (κ2) is 3.26. The lowest BCUT2D eigenvalue weighted by molar-refractivity contribution is 0.186. The lowest BCUT2D eigenvalue weighted by Gasteiger charge is -2.02. The van der Waals surface area contributed by atoms with E-state index >= 15 is 0 Å². The zero-order chi connectivity index (χ0) is 8.43. The Morgan fingerprint density at radius 2 is 2.45 bits per heavy atom. The van der Waals surface area contributed by atoms with Gasteiger partial charge in [0.15, 0.2) is 0 Å². The summed E-state index contributed by atoms with van der Waals surface area (Å²) in [5.41, 5.74) is 6.02. The highest BCUT2D eigenvalue weighted by atomic mass is 35.5. The first-order valence-electron chi connectivity index (χ1n) is 3.35. The number of hydrogen-bond acceptors (Lipinski definition) is 2. The quantitative estimate of drug-likeness (QED) is 0.693. The van der Waals surface area contributed by atoms with E-state index in [-0.39, 0.29) is 6.54 Å². The average Bonchev–Trinajstić information content (AvgIpc) is 2.31. The van der Waals surface area contributed by atoms with Gasteiger partial charge in [-0.15, -0.1) is 0 Å². The van der Waals surface area contributed by atoms with Gasteiger partial charge in [0.1, 0.15) is 5.15 Å². The number of nitrogens with zero attached hydrogens (tertiary/aromatic N) is 1.